The Hall–Kier alpha value is -4.25. The monoisotopic (exact) mass is 622 g/mol. The molecule has 4 N–H and O–H groups in total. The molecule has 0 heterocycles. The van der Waals surface area contributed by atoms with Crippen LogP contribution >= 0.6 is 0 Å². The molecule has 252 valence electrons. The van der Waals surface area contributed by atoms with Gasteiger partial charge in [-0.05, 0) is 136 Å². The van der Waals surface area contributed by atoms with E-state index in [0.29, 0.717) is 23.0 Å². The van der Waals surface area contributed by atoms with Crippen LogP contribution < -0.4 is 0 Å². The molecule has 0 aliphatic heterocycles. The quantitative estimate of drug-likeness (QED) is 0.156. The van der Waals surface area contributed by atoms with Crippen LogP contribution in [0.5, 0.6) is 23.0 Å². The summed E-state index contributed by atoms with van der Waals surface area (Å²) in [6.45, 7) is 29.9. The minimum atomic E-state index is 0.338. The molecule has 5 heteroatoms. The van der Waals surface area contributed by atoms with Gasteiger partial charge in [-0.2, -0.15) is 0 Å². The summed E-state index contributed by atoms with van der Waals surface area (Å²) in [5, 5.41) is 36.2. The molecule has 4 aromatic carbocycles. The second kappa shape index (κ2) is 29.8. The smallest absolute Gasteiger partial charge is 0.119 e. The van der Waals surface area contributed by atoms with Crippen molar-refractivity contribution in [2.45, 2.75) is 103 Å². The van der Waals surface area contributed by atoms with Crippen LogP contribution in [0.1, 0.15) is 92.5 Å². The van der Waals surface area contributed by atoms with E-state index in [2.05, 4.69) is 26.0 Å². The molecule has 0 aliphatic carbocycles. The summed E-state index contributed by atoms with van der Waals surface area (Å²) in [5.41, 5.74) is 8.66. The lowest BCUT2D eigenvalue weighted by Gasteiger charge is -2.03. The van der Waals surface area contributed by atoms with Gasteiger partial charge in [0.25, 0.3) is 0 Å². The van der Waals surface area contributed by atoms with Gasteiger partial charge in [0.05, 0.1) is 0 Å². The number of hydrogen-bond donors (Lipinski definition) is 4. The zero-order valence-corrected chi connectivity index (χ0v) is 30.5. The van der Waals surface area contributed by atoms with Gasteiger partial charge in [0, 0.05) is 0 Å². The number of phenolic OH excluding ortho intramolecular Hbond substituents is 4. The van der Waals surface area contributed by atoms with Gasteiger partial charge in [-0.3, -0.25) is 0 Å². The number of rotatable bonds is 0. The van der Waals surface area contributed by atoms with Crippen molar-refractivity contribution in [3.8, 4) is 23.0 Å². The molecule has 0 radical (unpaired) electrons. The first-order chi connectivity index (χ1) is 21.2. The number of hydrogen-bond acceptors (Lipinski definition) is 5. The van der Waals surface area contributed by atoms with Crippen LogP contribution in [-0.2, 0) is 4.79 Å². The van der Waals surface area contributed by atoms with E-state index < -0.39 is 0 Å². The second-order valence-electron chi connectivity index (χ2n) is 9.84. The van der Waals surface area contributed by atoms with Crippen LogP contribution in [0.25, 0.3) is 0 Å². The number of benzene rings is 4. The van der Waals surface area contributed by atoms with Gasteiger partial charge in [-0.1, -0.05) is 84.4 Å². The van der Waals surface area contributed by atoms with Crippen LogP contribution in [0.3, 0.4) is 0 Å². The molecule has 0 amide bonds. The average molecular weight is 623 g/mol. The van der Waals surface area contributed by atoms with Crippen molar-refractivity contribution in [1.29, 1.82) is 0 Å². The van der Waals surface area contributed by atoms with Crippen molar-refractivity contribution in [1.82, 2.24) is 0 Å². The van der Waals surface area contributed by atoms with E-state index in [1.165, 1.54) is 6.42 Å². The highest BCUT2D eigenvalue weighted by molar-refractivity contribution is 5.41. The fraction of sp³-hybridized carbons (Fsp3) is 0.375. The van der Waals surface area contributed by atoms with E-state index >= 15 is 0 Å². The summed E-state index contributed by atoms with van der Waals surface area (Å²) in [7, 11) is 0. The molecule has 0 aliphatic rings. The zero-order chi connectivity index (χ0) is 36.1. The molecule has 0 saturated carbocycles. The Morgan fingerprint density at radius 1 is 0.467 bits per heavy atom. The van der Waals surface area contributed by atoms with E-state index in [4.69, 9.17) is 15.0 Å². The molecule has 4 aromatic rings. The van der Waals surface area contributed by atoms with Crippen LogP contribution in [0.4, 0.5) is 0 Å². The Morgan fingerprint density at radius 3 is 0.911 bits per heavy atom. The normalized spacial score (nSPS) is 8.40. The zero-order valence-electron chi connectivity index (χ0n) is 30.5. The van der Waals surface area contributed by atoms with Crippen molar-refractivity contribution < 1.29 is 25.2 Å². The number of carbonyl (C=O) groups excluding carboxylic acids is 1. The number of phenols is 4. The minimum absolute atomic E-state index is 0.338. The maximum absolute atomic E-state index is 9.28. The van der Waals surface area contributed by atoms with Crippen LogP contribution in [-0.4, -0.2) is 27.2 Å². The minimum Gasteiger partial charge on any atom is -0.508 e. The van der Waals surface area contributed by atoms with Crippen LogP contribution in [0.2, 0.25) is 0 Å². The van der Waals surface area contributed by atoms with Crippen LogP contribution in [0.15, 0.2) is 72.8 Å². The first kappa shape index (κ1) is 47.7. The molecule has 0 saturated heterocycles. The third kappa shape index (κ3) is 24.8. The summed E-state index contributed by atoms with van der Waals surface area (Å²) >= 11 is 0. The van der Waals surface area contributed by atoms with Crippen molar-refractivity contribution >= 4 is 6.79 Å². The summed E-state index contributed by atoms with van der Waals surface area (Å²) < 4.78 is 0. The Labute approximate surface area is 275 Å². The average Bonchev–Trinajstić information content (AvgIpc) is 2.99. The molecule has 0 bridgehead atoms. The Bertz CT molecular complexity index is 1120. The predicted octanol–water partition coefficient (Wildman–Crippen LogP) is 11.3. The number of aromatic hydroxyl groups is 4. The SMILES string of the molecule is C=O.CC.CC.CCC.Cc1cc(C)c(C)c(O)c1.Cc1cc(C)c(C)c(O)c1.Cc1cccc(O)c1.Cc1cccc(O)c1. The van der Waals surface area contributed by atoms with Crippen molar-refractivity contribution in [2.75, 3.05) is 0 Å². The third-order valence-corrected chi connectivity index (χ3v) is 5.57. The van der Waals surface area contributed by atoms with Gasteiger partial charge >= 0.3 is 0 Å². The maximum atomic E-state index is 9.28. The molecule has 45 heavy (non-hydrogen) atoms. The molecular weight excluding hydrogens is 560 g/mol. The highest BCUT2D eigenvalue weighted by Crippen LogP contribution is 2.21. The topological polar surface area (TPSA) is 98.0 Å². The van der Waals surface area contributed by atoms with Crippen molar-refractivity contribution in [2.24, 2.45) is 0 Å². The van der Waals surface area contributed by atoms with Crippen molar-refractivity contribution in [3.63, 3.8) is 0 Å². The first-order valence-electron chi connectivity index (χ1n) is 15.5. The third-order valence-electron chi connectivity index (χ3n) is 5.57. The maximum Gasteiger partial charge on any atom is 0.119 e. The highest BCUT2D eigenvalue weighted by atomic mass is 16.3. The summed E-state index contributed by atoms with van der Waals surface area (Å²) in [5.74, 6) is 1.48. The lowest BCUT2D eigenvalue weighted by atomic mass is 10.1. The summed E-state index contributed by atoms with van der Waals surface area (Å²) in [6.07, 6.45) is 1.25. The molecule has 0 fully saturated rings. The van der Waals surface area contributed by atoms with E-state index in [0.717, 1.165) is 44.5 Å². The predicted molar refractivity (Wildman–Crippen MR) is 196 cm³/mol. The van der Waals surface area contributed by atoms with E-state index in [9.17, 15) is 10.2 Å². The molecule has 5 nitrogen and oxygen atoms in total. The van der Waals surface area contributed by atoms with E-state index in [1.54, 1.807) is 36.4 Å². The number of carbonyl (C=O) groups is 1. The van der Waals surface area contributed by atoms with Gasteiger partial charge in [-0.25, -0.2) is 0 Å². The number of aryl methyl sites for hydroxylation is 6. The van der Waals surface area contributed by atoms with Gasteiger partial charge in [0.1, 0.15) is 29.8 Å². The molecule has 0 atom stereocenters. The lowest BCUT2D eigenvalue weighted by Crippen LogP contribution is -1.82. The van der Waals surface area contributed by atoms with Crippen LogP contribution in [0, 0.1) is 55.4 Å². The largest absolute Gasteiger partial charge is 0.508 e. The highest BCUT2D eigenvalue weighted by Gasteiger charge is 1.99. The van der Waals surface area contributed by atoms with Gasteiger partial charge in [-0.15, -0.1) is 0 Å². The first-order valence-corrected chi connectivity index (χ1v) is 15.5. The molecule has 0 aromatic heterocycles. The molecular formula is C40H62O5. The summed E-state index contributed by atoms with van der Waals surface area (Å²) in [4.78, 5) is 8.00. The van der Waals surface area contributed by atoms with E-state index in [-0.39, 0.29) is 0 Å². The Morgan fingerprint density at radius 2 is 0.733 bits per heavy atom. The standard InChI is InChI=1S/2C9H12O.2C7H8O.C3H8.2C2H6.CH2O/c2*1-6-4-7(2)8(3)9(10)5-6;2*1-6-3-2-4-7(8)5-6;1-3-2;3*1-2/h2*4-5,10H,1-3H3;2*2-5,8H,1H3;3H2,1-2H3;2*1-2H3;1H2. The second-order valence-corrected chi connectivity index (χ2v) is 9.84. The fourth-order valence-electron chi connectivity index (χ4n) is 3.29. The molecule has 0 spiro atoms. The van der Waals surface area contributed by atoms with E-state index in [1.807, 2.05) is 114 Å². The Kier molecular flexibility index (Phi) is 31.6. The molecule has 0 unspecified atom stereocenters. The lowest BCUT2D eigenvalue weighted by molar-refractivity contribution is -0.0980. The summed E-state index contributed by atoms with van der Waals surface area (Å²) in [6, 6.07) is 22.0. The van der Waals surface area contributed by atoms with Crippen molar-refractivity contribution in [3.05, 3.63) is 117 Å². The van der Waals surface area contributed by atoms with Gasteiger partial charge in [0.15, 0.2) is 0 Å². The van der Waals surface area contributed by atoms with Gasteiger partial charge < -0.3 is 25.2 Å². The van der Waals surface area contributed by atoms with Gasteiger partial charge in [0.2, 0.25) is 0 Å². The Balaban J connectivity index is -0.000000230. The fourth-order valence-corrected chi connectivity index (χ4v) is 3.29. The molecule has 4 rings (SSSR count).